The van der Waals surface area contributed by atoms with Crippen molar-refractivity contribution in [2.75, 3.05) is 13.1 Å². The molecule has 2 aliphatic rings. The maximum Gasteiger partial charge on any atom is 0.0799 e. The number of likely N-dealkylation sites (tertiary alicyclic amines) is 1. The summed E-state index contributed by atoms with van der Waals surface area (Å²) in [4.78, 5) is 2.27. The van der Waals surface area contributed by atoms with Gasteiger partial charge in [-0.05, 0) is 39.5 Å². The van der Waals surface area contributed by atoms with E-state index in [9.17, 15) is 10.2 Å². The minimum atomic E-state index is -0.586. The molecule has 1 heterocycles. The first-order chi connectivity index (χ1) is 6.46. The van der Waals surface area contributed by atoms with E-state index in [1.807, 2.05) is 6.92 Å². The number of hydrogen-bond acceptors (Lipinski definition) is 3. The van der Waals surface area contributed by atoms with Gasteiger partial charge in [-0.15, -0.1) is 0 Å². The lowest BCUT2D eigenvalue weighted by molar-refractivity contribution is -0.0671. The van der Waals surface area contributed by atoms with Crippen molar-refractivity contribution >= 4 is 0 Å². The van der Waals surface area contributed by atoms with E-state index >= 15 is 0 Å². The lowest BCUT2D eigenvalue weighted by atomic mass is 9.84. The fraction of sp³-hybridized carbons (Fsp3) is 1.00. The number of β-amino-alcohol motifs (C(OH)–C–C–N with tert-alkyl or cyclic N) is 1. The average Bonchev–Trinajstić information content (AvgIpc) is 2.60. The van der Waals surface area contributed by atoms with E-state index < -0.39 is 5.60 Å². The molecule has 3 atom stereocenters. The molecule has 3 unspecified atom stereocenters. The smallest absolute Gasteiger partial charge is 0.0799 e. The van der Waals surface area contributed by atoms with Crippen molar-refractivity contribution in [3.63, 3.8) is 0 Å². The van der Waals surface area contributed by atoms with Gasteiger partial charge in [0.15, 0.2) is 0 Å². The molecule has 1 saturated heterocycles. The minimum Gasteiger partial charge on any atom is -0.392 e. The van der Waals surface area contributed by atoms with E-state index in [2.05, 4.69) is 11.8 Å². The molecule has 3 heteroatoms. The zero-order valence-corrected chi connectivity index (χ0v) is 9.16. The number of aliphatic hydroxyl groups excluding tert-OH is 1. The van der Waals surface area contributed by atoms with Crippen LogP contribution in [0.25, 0.3) is 0 Å². The number of nitrogens with zero attached hydrogens (tertiary/aromatic N) is 1. The van der Waals surface area contributed by atoms with Crippen LogP contribution in [0, 0.1) is 0 Å². The average molecular weight is 199 g/mol. The molecule has 0 radical (unpaired) electrons. The molecule has 0 aromatic carbocycles. The predicted octanol–water partition coefficient (Wildman–Crippen LogP) is 0.747. The SMILES string of the molecule is CC1(O)CCCC1(C)N1CCC(O)C1. The summed E-state index contributed by atoms with van der Waals surface area (Å²) in [6, 6.07) is 0. The topological polar surface area (TPSA) is 43.7 Å². The summed E-state index contributed by atoms with van der Waals surface area (Å²) in [6.07, 6.45) is 3.69. The highest BCUT2D eigenvalue weighted by Crippen LogP contribution is 2.44. The quantitative estimate of drug-likeness (QED) is 0.655. The predicted molar refractivity (Wildman–Crippen MR) is 55.1 cm³/mol. The van der Waals surface area contributed by atoms with Crippen LogP contribution < -0.4 is 0 Å². The van der Waals surface area contributed by atoms with Crippen LogP contribution in [-0.4, -0.2) is 45.4 Å². The summed E-state index contributed by atoms with van der Waals surface area (Å²) >= 11 is 0. The molecule has 82 valence electrons. The first-order valence-electron chi connectivity index (χ1n) is 5.61. The highest BCUT2D eigenvalue weighted by Gasteiger charge is 2.52. The molecule has 1 aliphatic carbocycles. The van der Waals surface area contributed by atoms with Crippen LogP contribution in [0.5, 0.6) is 0 Å². The van der Waals surface area contributed by atoms with E-state index in [4.69, 9.17) is 0 Å². The van der Waals surface area contributed by atoms with Gasteiger partial charge in [0.25, 0.3) is 0 Å². The highest BCUT2D eigenvalue weighted by atomic mass is 16.3. The third-order valence-corrected chi connectivity index (χ3v) is 4.35. The van der Waals surface area contributed by atoms with E-state index in [0.717, 1.165) is 38.8 Å². The van der Waals surface area contributed by atoms with Crippen molar-refractivity contribution in [2.24, 2.45) is 0 Å². The molecule has 0 bridgehead atoms. The zero-order valence-electron chi connectivity index (χ0n) is 9.16. The molecule has 0 spiro atoms. The second-order valence-electron chi connectivity index (χ2n) is 5.29. The monoisotopic (exact) mass is 199 g/mol. The Morgan fingerprint density at radius 3 is 2.43 bits per heavy atom. The summed E-state index contributed by atoms with van der Waals surface area (Å²) in [5.41, 5.74) is -0.707. The number of aliphatic hydroxyl groups is 2. The van der Waals surface area contributed by atoms with E-state index in [1.165, 1.54) is 0 Å². The van der Waals surface area contributed by atoms with Crippen molar-refractivity contribution in [1.82, 2.24) is 4.90 Å². The van der Waals surface area contributed by atoms with Crippen molar-refractivity contribution in [3.05, 3.63) is 0 Å². The van der Waals surface area contributed by atoms with Gasteiger partial charge >= 0.3 is 0 Å². The van der Waals surface area contributed by atoms with Crippen LogP contribution in [0.1, 0.15) is 39.5 Å². The molecule has 0 aromatic rings. The van der Waals surface area contributed by atoms with Gasteiger partial charge in [-0.3, -0.25) is 4.90 Å². The normalized spacial score (nSPS) is 50.1. The fourth-order valence-corrected chi connectivity index (χ4v) is 3.00. The third-order valence-electron chi connectivity index (χ3n) is 4.35. The van der Waals surface area contributed by atoms with Gasteiger partial charge < -0.3 is 10.2 Å². The Kier molecular flexibility index (Phi) is 2.37. The molecule has 1 saturated carbocycles. The second-order valence-corrected chi connectivity index (χ2v) is 5.29. The summed E-state index contributed by atoms with van der Waals surface area (Å²) in [6.45, 7) is 5.73. The zero-order chi connectivity index (χ0) is 10.4. The maximum absolute atomic E-state index is 10.3. The molecule has 14 heavy (non-hydrogen) atoms. The maximum atomic E-state index is 10.3. The van der Waals surface area contributed by atoms with Crippen molar-refractivity contribution in [2.45, 2.75) is 56.8 Å². The van der Waals surface area contributed by atoms with Gasteiger partial charge in [0.1, 0.15) is 0 Å². The molecule has 2 N–H and O–H groups in total. The standard InChI is InChI=1S/C11H21NO2/c1-10(5-3-6-11(10,2)14)12-7-4-9(13)8-12/h9,13-14H,3-8H2,1-2H3. The fourth-order valence-electron chi connectivity index (χ4n) is 3.00. The van der Waals surface area contributed by atoms with Gasteiger partial charge in [0.05, 0.1) is 11.7 Å². The molecule has 2 rings (SSSR count). The first-order valence-corrected chi connectivity index (χ1v) is 5.61. The summed E-state index contributed by atoms with van der Waals surface area (Å²) < 4.78 is 0. The largest absolute Gasteiger partial charge is 0.392 e. The summed E-state index contributed by atoms with van der Waals surface area (Å²) in [7, 11) is 0. The Hall–Kier alpha value is -0.120. The van der Waals surface area contributed by atoms with Gasteiger partial charge in [-0.25, -0.2) is 0 Å². The lowest BCUT2D eigenvalue weighted by Crippen LogP contribution is -2.57. The molecule has 2 fully saturated rings. The molecular formula is C11H21NO2. The van der Waals surface area contributed by atoms with Crippen molar-refractivity contribution in [1.29, 1.82) is 0 Å². The van der Waals surface area contributed by atoms with Gasteiger partial charge in [-0.1, -0.05) is 0 Å². The molecule has 0 aromatic heterocycles. The second kappa shape index (κ2) is 3.19. The van der Waals surface area contributed by atoms with E-state index in [0.29, 0.717) is 0 Å². The van der Waals surface area contributed by atoms with Crippen LogP contribution in [0.2, 0.25) is 0 Å². The highest BCUT2D eigenvalue weighted by molar-refractivity contribution is 5.07. The number of hydrogen-bond donors (Lipinski definition) is 2. The number of rotatable bonds is 1. The summed E-state index contributed by atoms with van der Waals surface area (Å²) in [5, 5.41) is 19.9. The van der Waals surface area contributed by atoms with Gasteiger partial charge in [0, 0.05) is 18.6 Å². The first kappa shape index (κ1) is 10.4. The van der Waals surface area contributed by atoms with Crippen LogP contribution in [-0.2, 0) is 0 Å². The molecule has 3 nitrogen and oxygen atoms in total. The molecule has 1 aliphatic heterocycles. The van der Waals surface area contributed by atoms with Gasteiger partial charge in [-0.2, -0.15) is 0 Å². The Labute approximate surface area is 85.7 Å². The van der Waals surface area contributed by atoms with Crippen LogP contribution >= 0.6 is 0 Å². The Bertz CT molecular complexity index is 229. The van der Waals surface area contributed by atoms with E-state index in [-0.39, 0.29) is 11.6 Å². The Morgan fingerprint density at radius 1 is 1.29 bits per heavy atom. The van der Waals surface area contributed by atoms with Crippen LogP contribution in [0.4, 0.5) is 0 Å². The lowest BCUT2D eigenvalue weighted by Gasteiger charge is -2.44. The molecule has 0 amide bonds. The Morgan fingerprint density at radius 2 is 2.00 bits per heavy atom. The van der Waals surface area contributed by atoms with Gasteiger partial charge in [0.2, 0.25) is 0 Å². The summed E-state index contributed by atoms with van der Waals surface area (Å²) in [5.74, 6) is 0. The Balaban J connectivity index is 2.15. The molecular weight excluding hydrogens is 178 g/mol. The third kappa shape index (κ3) is 1.38. The van der Waals surface area contributed by atoms with Crippen molar-refractivity contribution < 1.29 is 10.2 Å². The van der Waals surface area contributed by atoms with E-state index in [1.54, 1.807) is 0 Å². The van der Waals surface area contributed by atoms with Crippen LogP contribution in [0.15, 0.2) is 0 Å². The van der Waals surface area contributed by atoms with Crippen molar-refractivity contribution in [3.8, 4) is 0 Å². The van der Waals surface area contributed by atoms with Crippen LogP contribution in [0.3, 0.4) is 0 Å². The minimum absolute atomic E-state index is 0.121.